The van der Waals surface area contributed by atoms with Crippen LogP contribution in [0.4, 0.5) is 18.9 Å². The molecule has 5 nitrogen and oxygen atoms in total. The second kappa shape index (κ2) is 4.58. The molecular formula is C8H4ClF3N2O3. The molecule has 92 valence electrons. The van der Waals surface area contributed by atoms with Gasteiger partial charge in [-0.2, -0.15) is 13.2 Å². The highest BCUT2D eigenvalue weighted by atomic mass is 35.5. The lowest BCUT2D eigenvalue weighted by molar-refractivity contribution is -0.167. The number of amides is 1. The first-order valence-electron chi connectivity index (χ1n) is 4.00. The molecule has 1 amide bonds. The van der Waals surface area contributed by atoms with Crippen LogP contribution in [-0.2, 0) is 4.79 Å². The molecule has 17 heavy (non-hydrogen) atoms. The first-order valence-corrected chi connectivity index (χ1v) is 4.37. The average Bonchev–Trinajstić information content (AvgIpc) is 2.19. The highest BCUT2D eigenvalue weighted by molar-refractivity contribution is 6.32. The van der Waals surface area contributed by atoms with Crippen molar-refractivity contribution in [2.75, 3.05) is 5.32 Å². The van der Waals surface area contributed by atoms with Gasteiger partial charge in [0.15, 0.2) is 5.15 Å². The summed E-state index contributed by atoms with van der Waals surface area (Å²) in [5, 5.41) is 9.45. The number of aromatic carboxylic acids is 1. The van der Waals surface area contributed by atoms with Crippen LogP contribution in [0.1, 0.15) is 10.5 Å². The van der Waals surface area contributed by atoms with Crippen molar-refractivity contribution in [3.63, 3.8) is 0 Å². The van der Waals surface area contributed by atoms with E-state index in [1.54, 1.807) is 0 Å². The molecule has 1 aromatic heterocycles. The van der Waals surface area contributed by atoms with Gasteiger partial charge in [-0.3, -0.25) is 4.79 Å². The minimum atomic E-state index is -5.06. The number of halogens is 4. The van der Waals surface area contributed by atoms with Gasteiger partial charge < -0.3 is 10.4 Å². The van der Waals surface area contributed by atoms with Crippen molar-refractivity contribution in [1.29, 1.82) is 0 Å². The summed E-state index contributed by atoms with van der Waals surface area (Å²) >= 11 is 5.41. The zero-order valence-corrected chi connectivity index (χ0v) is 8.63. The van der Waals surface area contributed by atoms with Crippen LogP contribution in [0.15, 0.2) is 12.1 Å². The fourth-order valence-corrected chi connectivity index (χ4v) is 1.04. The summed E-state index contributed by atoms with van der Waals surface area (Å²) in [7, 11) is 0. The number of rotatable bonds is 2. The predicted molar refractivity (Wildman–Crippen MR) is 50.9 cm³/mol. The van der Waals surface area contributed by atoms with Crippen molar-refractivity contribution in [3.8, 4) is 0 Å². The maximum atomic E-state index is 11.9. The van der Waals surface area contributed by atoms with Crippen LogP contribution in [0, 0.1) is 0 Å². The Labute approximate surface area is 97.2 Å². The molecule has 0 aliphatic carbocycles. The number of nitrogens with zero attached hydrogens (tertiary/aromatic N) is 1. The second-order valence-electron chi connectivity index (χ2n) is 2.79. The van der Waals surface area contributed by atoms with Gasteiger partial charge in [-0.15, -0.1) is 0 Å². The number of nitrogens with one attached hydrogen (secondary N) is 1. The lowest BCUT2D eigenvalue weighted by atomic mass is 10.3. The summed E-state index contributed by atoms with van der Waals surface area (Å²) in [6.45, 7) is 0. The summed E-state index contributed by atoms with van der Waals surface area (Å²) in [5.41, 5.74) is -0.862. The number of aromatic nitrogens is 1. The molecule has 0 radical (unpaired) electrons. The smallest absolute Gasteiger partial charge is 0.471 e. The van der Waals surface area contributed by atoms with E-state index in [-0.39, 0.29) is 0 Å². The van der Waals surface area contributed by atoms with Crippen molar-refractivity contribution in [2.45, 2.75) is 6.18 Å². The molecule has 0 unspecified atom stereocenters. The molecule has 0 aromatic carbocycles. The molecule has 1 heterocycles. The average molecular weight is 269 g/mol. The fourth-order valence-electron chi connectivity index (χ4n) is 0.840. The number of alkyl halides is 3. The number of anilines is 1. The van der Waals surface area contributed by atoms with Crippen LogP contribution < -0.4 is 5.32 Å². The molecule has 0 aliphatic heterocycles. The lowest BCUT2D eigenvalue weighted by Crippen LogP contribution is -2.30. The standard InChI is InChI=1S/C8H4ClF3N2O3/c9-5-3(14-7(17)8(10,11)12)1-2-4(13-5)6(15)16/h1-2H,(H,14,17)(H,15,16). The SMILES string of the molecule is O=C(O)c1ccc(NC(=O)C(F)(F)F)c(Cl)n1. The Morgan fingerprint density at radius 3 is 2.35 bits per heavy atom. The van der Waals surface area contributed by atoms with Crippen molar-refractivity contribution < 1.29 is 27.9 Å². The van der Waals surface area contributed by atoms with Crippen LogP contribution in [0.2, 0.25) is 5.15 Å². The van der Waals surface area contributed by atoms with Gasteiger partial charge in [0.05, 0.1) is 5.69 Å². The zero-order valence-electron chi connectivity index (χ0n) is 7.88. The van der Waals surface area contributed by atoms with Gasteiger partial charge in [0, 0.05) is 0 Å². The molecule has 0 bridgehead atoms. The number of carbonyl (C=O) groups is 2. The summed E-state index contributed by atoms with van der Waals surface area (Å²) in [4.78, 5) is 24.3. The van der Waals surface area contributed by atoms with Crippen molar-refractivity contribution in [2.24, 2.45) is 0 Å². The third kappa shape index (κ3) is 3.31. The predicted octanol–water partition coefficient (Wildman–Crippen LogP) is 1.93. The maximum absolute atomic E-state index is 11.9. The number of hydrogen-bond donors (Lipinski definition) is 2. The first-order chi connectivity index (χ1) is 7.71. The maximum Gasteiger partial charge on any atom is 0.471 e. The highest BCUT2D eigenvalue weighted by Gasteiger charge is 2.39. The lowest BCUT2D eigenvalue weighted by Gasteiger charge is -2.08. The summed E-state index contributed by atoms with van der Waals surface area (Å²) in [6.07, 6.45) is -5.06. The summed E-state index contributed by atoms with van der Waals surface area (Å²) < 4.78 is 35.7. The van der Waals surface area contributed by atoms with E-state index in [1.807, 2.05) is 0 Å². The molecular weight excluding hydrogens is 265 g/mol. The molecule has 2 N–H and O–H groups in total. The quantitative estimate of drug-likeness (QED) is 0.803. The van der Waals surface area contributed by atoms with E-state index >= 15 is 0 Å². The number of pyridine rings is 1. The molecule has 1 rings (SSSR count). The topological polar surface area (TPSA) is 79.3 Å². The Morgan fingerprint density at radius 2 is 1.94 bits per heavy atom. The molecule has 0 atom stereocenters. The molecule has 0 saturated heterocycles. The Morgan fingerprint density at radius 1 is 1.35 bits per heavy atom. The van der Waals surface area contributed by atoms with Crippen molar-refractivity contribution in [3.05, 3.63) is 23.0 Å². The Kier molecular flexibility index (Phi) is 3.56. The van der Waals surface area contributed by atoms with Crippen LogP contribution >= 0.6 is 11.6 Å². The normalized spacial score (nSPS) is 11.1. The van der Waals surface area contributed by atoms with Gasteiger partial charge in [0.25, 0.3) is 0 Å². The van der Waals surface area contributed by atoms with Crippen LogP contribution in [0.3, 0.4) is 0 Å². The van der Waals surface area contributed by atoms with Gasteiger partial charge in [-0.25, -0.2) is 9.78 Å². The minimum absolute atomic E-state index is 0.418. The van der Waals surface area contributed by atoms with Gasteiger partial charge in [0.1, 0.15) is 5.69 Å². The number of carboxylic acid groups (broad SMARTS) is 1. The zero-order chi connectivity index (χ0) is 13.2. The van der Waals surface area contributed by atoms with Gasteiger partial charge in [-0.05, 0) is 12.1 Å². The van der Waals surface area contributed by atoms with Gasteiger partial charge >= 0.3 is 18.1 Å². The first kappa shape index (κ1) is 13.2. The Balaban J connectivity index is 2.95. The van der Waals surface area contributed by atoms with Crippen LogP contribution in [-0.4, -0.2) is 28.1 Å². The van der Waals surface area contributed by atoms with E-state index in [4.69, 9.17) is 16.7 Å². The molecule has 0 spiro atoms. The number of hydrogen-bond acceptors (Lipinski definition) is 3. The van der Waals surface area contributed by atoms with Crippen molar-refractivity contribution >= 4 is 29.2 Å². The fraction of sp³-hybridized carbons (Fsp3) is 0.125. The molecule has 0 saturated carbocycles. The van der Waals surface area contributed by atoms with E-state index in [9.17, 15) is 22.8 Å². The van der Waals surface area contributed by atoms with Gasteiger partial charge in [0.2, 0.25) is 0 Å². The van der Waals surface area contributed by atoms with E-state index in [0.717, 1.165) is 12.1 Å². The second-order valence-corrected chi connectivity index (χ2v) is 3.15. The number of carboxylic acids is 1. The molecule has 0 fully saturated rings. The van der Waals surface area contributed by atoms with E-state index in [0.29, 0.717) is 0 Å². The third-order valence-corrected chi connectivity index (χ3v) is 1.86. The highest BCUT2D eigenvalue weighted by Crippen LogP contribution is 2.23. The summed E-state index contributed by atoms with van der Waals surface area (Å²) in [6, 6.07) is 1.84. The Hall–Kier alpha value is -1.83. The Bertz CT molecular complexity index is 476. The van der Waals surface area contributed by atoms with Crippen molar-refractivity contribution in [1.82, 2.24) is 4.98 Å². The molecule has 9 heteroatoms. The van der Waals surface area contributed by atoms with E-state index in [1.165, 1.54) is 5.32 Å². The van der Waals surface area contributed by atoms with E-state index < -0.39 is 34.6 Å². The molecule has 1 aromatic rings. The minimum Gasteiger partial charge on any atom is -0.477 e. The van der Waals surface area contributed by atoms with Crippen LogP contribution in [0.25, 0.3) is 0 Å². The largest absolute Gasteiger partial charge is 0.477 e. The summed E-state index contributed by atoms with van der Waals surface area (Å²) in [5.74, 6) is -3.61. The monoisotopic (exact) mass is 268 g/mol. The van der Waals surface area contributed by atoms with E-state index in [2.05, 4.69) is 4.98 Å². The van der Waals surface area contributed by atoms with Gasteiger partial charge in [-0.1, -0.05) is 11.6 Å². The third-order valence-electron chi connectivity index (χ3n) is 1.57. The number of carbonyl (C=O) groups excluding carboxylic acids is 1. The van der Waals surface area contributed by atoms with Crippen LogP contribution in [0.5, 0.6) is 0 Å². The molecule has 0 aliphatic rings.